The van der Waals surface area contributed by atoms with Gasteiger partial charge < -0.3 is 25.7 Å². The van der Waals surface area contributed by atoms with E-state index in [0.717, 1.165) is 24.9 Å². The first kappa shape index (κ1) is 21.5. The summed E-state index contributed by atoms with van der Waals surface area (Å²) in [6, 6.07) is 7.39. The Morgan fingerprint density at radius 1 is 1.17 bits per heavy atom. The van der Waals surface area contributed by atoms with Crippen LogP contribution in [0.15, 0.2) is 42.9 Å². The summed E-state index contributed by atoms with van der Waals surface area (Å²) < 4.78 is 4.84. The molecular formula is C21H27N5O4. The lowest BCUT2D eigenvalue weighted by atomic mass is 10.0. The molecule has 1 saturated heterocycles. The molecule has 0 bridgehead atoms. The fourth-order valence-corrected chi connectivity index (χ4v) is 3.46. The summed E-state index contributed by atoms with van der Waals surface area (Å²) in [6.07, 6.45) is 5.24. The SMILES string of the molecule is COC(=O)C(Cc1cnc[nH]1)NC(=O)C(Cc1ccccc1)NC(=O)C1CCCN1. The molecule has 4 N–H and O–H groups in total. The van der Waals surface area contributed by atoms with Gasteiger partial charge in [-0.3, -0.25) is 9.59 Å². The van der Waals surface area contributed by atoms with E-state index in [4.69, 9.17) is 4.74 Å². The number of aromatic nitrogens is 2. The molecule has 1 aliphatic rings. The molecule has 0 spiro atoms. The van der Waals surface area contributed by atoms with Crippen LogP contribution < -0.4 is 16.0 Å². The Bertz CT molecular complexity index is 834. The van der Waals surface area contributed by atoms with E-state index < -0.39 is 24.0 Å². The lowest BCUT2D eigenvalue weighted by molar-refractivity contribution is -0.145. The highest BCUT2D eigenvalue weighted by Gasteiger charge is 2.30. The molecular weight excluding hydrogens is 386 g/mol. The van der Waals surface area contributed by atoms with E-state index in [2.05, 4.69) is 25.9 Å². The second-order valence-corrected chi connectivity index (χ2v) is 7.27. The van der Waals surface area contributed by atoms with E-state index in [0.29, 0.717) is 12.1 Å². The zero-order chi connectivity index (χ0) is 21.3. The summed E-state index contributed by atoms with van der Waals surface area (Å²) in [7, 11) is 1.27. The van der Waals surface area contributed by atoms with Crippen LogP contribution in [0, 0.1) is 0 Å². The number of hydrogen-bond donors (Lipinski definition) is 4. The summed E-state index contributed by atoms with van der Waals surface area (Å²) in [4.78, 5) is 44.8. The maximum atomic E-state index is 13.1. The molecule has 160 valence electrons. The zero-order valence-corrected chi connectivity index (χ0v) is 16.9. The number of methoxy groups -OCH3 is 1. The van der Waals surface area contributed by atoms with E-state index in [1.165, 1.54) is 13.4 Å². The van der Waals surface area contributed by atoms with Crippen LogP contribution >= 0.6 is 0 Å². The van der Waals surface area contributed by atoms with Crippen LogP contribution in [0.3, 0.4) is 0 Å². The third kappa shape index (κ3) is 5.90. The number of esters is 1. The molecule has 3 unspecified atom stereocenters. The number of benzene rings is 1. The maximum absolute atomic E-state index is 13.1. The Kier molecular flexibility index (Phi) is 7.56. The minimum Gasteiger partial charge on any atom is -0.467 e. The Morgan fingerprint density at radius 3 is 2.60 bits per heavy atom. The molecule has 1 fully saturated rings. The molecule has 9 nitrogen and oxygen atoms in total. The van der Waals surface area contributed by atoms with Crippen molar-refractivity contribution in [2.75, 3.05) is 13.7 Å². The van der Waals surface area contributed by atoms with Gasteiger partial charge in [-0.2, -0.15) is 0 Å². The first-order chi connectivity index (χ1) is 14.6. The fourth-order valence-electron chi connectivity index (χ4n) is 3.46. The second kappa shape index (κ2) is 10.5. The number of nitrogens with one attached hydrogen (secondary N) is 4. The number of carbonyl (C=O) groups excluding carboxylic acids is 3. The highest BCUT2D eigenvalue weighted by molar-refractivity contribution is 5.92. The maximum Gasteiger partial charge on any atom is 0.328 e. The number of rotatable bonds is 9. The van der Waals surface area contributed by atoms with Gasteiger partial charge >= 0.3 is 5.97 Å². The van der Waals surface area contributed by atoms with Crippen molar-refractivity contribution in [1.82, 2.24) is 25.9 Å². The van der Waals surface area contributed by atoms with E-state index in [9.17, 15) is 14.4 Å². The number of amides is 2. The van der Waals surface area contributed by atoms with Gasteiger partial charge in [0.1, 0.15) is 12.1 Å². The molecule has 3 atom stereocenters. The first-order valence-electron chi connectivity index (χ1n) is 10.00. The van der Waals surface area contributed by atoms with Crippen LogP contribution in [-0.2, 0) is 32.0 Å². The number of nitrogens with zero attached hydrogens (tertiary/aromatic N) is 1. The number of H-pyrrole nitrogens is 1. The fraction of sp³-hybridized carbons (Fsp3) is 0.429. The van der Waals surface area contributed by atoms with E-state index in [1.807, 2.05) is 30.3 Å². The predicted octanol–water partition coefficient (Wildman–Crippen LogP) is 0.0895. The highest BCUT2D eigenvalue weighted by Crippen LogP contribution is 2.09. The lowest BCUT2D eigenvalue weighted by Crippen LogP contribution is -2.55. The summed E-state index contributed by atoms with van der Waals surface area (Å²) in [5, 5.41) is 8.70. The molecule has 0 saturated carbocycles. The highest BCUT2D eigenvalue weighted by atomic mass is 16.5. The topological polar surface area (TPSA) is 125 Å². The molecule has 2 heterocycles. The molecule has 2 aromatic rings. The molecule has 1 aliphatic heterocycles. The van der Waals surface area contributed by atoms with Gasteiger partial charge in [-0.1, -0.05) is 30.3 Å². The number of aromatic amines is 1. The van der Waals surface area contributed by atoms with Crippen LogP contribution in [0.25, 0.3) is 0 Å². The van der Waals surface area contributed by atoms with Crippen molar-refractivity contribution in [2.45, 2.75) is 43.8 Å². The largest absolute Gasteiger partial charge is 0.467 e. The monoisotopic (exact) mass is 413 g/mol. The first-order valence-corrected chi connectivity index (χ1v) is 10.00. The van der Waals surface area contributed by atoms with E-state index in [-0.39, 0.29) is 18.4 Å². The van der Waals surface area contributed by atoms with Gasteiger partial charge in [0.2, 0.25) is 11.8 Å². The molecule has 1 aromatic carbocycles. The molecule has 0 aliphatic carbocycles. The van der Waals surface area contributed by atoms with Crippen LogP contribution in [0.2, 0.25) is 0 Å². The van der Waals surface area contributed by atoms with Gasteiger partial charge in [0.15, 0.2) is 0 Å². The van der Waals surface area contributed by atoms with Crippen molar-refractivity contribution in [3.8, 4) is 0 Å². The molecule has 3 rings (SSSR count). The second-order valence-electron chi connectivity index (χ2n) is 7.27. The summed E-state index contributed by atoms with van der Waals surface area (Å²) in [5.74, 6) is -1.23. The van der Waals surface area contributed by atoms with Gasteiger partial charge in [0.25, 0.3) is 0 Å². The van der Waals surface area contributed by atoms with Crippen molar-refractivity contribution in [1.29, 1.82) is 0 Å². The average Bonchev–Trinajstić information content (AvgIpc) is 3.47. The van der Waals surface area contributed by atoms with Crippen LogP contribution in [0.1, 0.15) is 24.1 Å². The van der Waals surface area contributed by atoms with E-state index in [1.54, 1.807) is 6.20 Å². The quantitative estimate of drug-likeness (QED) is 0.432. The van der Waals surface area contributed by atoms with Gasteiger partial charge in [0, 0.05) is 24.7 Å². The minimum atomic E-state index is -0.900. The Labute approximate surface area is 175 Å². The van der Waals surface area contributed by atoms with Crippen LogP contribution in [-0.4, -0.2) is 59.5 Å². The molecule has 30 heavy (non-hydrogen) atoms. The number of ether oxygens (including phenoxy) is 1. The minimum absolute atomic E-state index is 0.203. The lowest BCUT2D eigenvalue weighted by Gasteiger charge is -2.23. The molecule has 1 aromatic heterocycles. The van der Waals surface area contributed by atoms with E-state index >= 15 is 0 Å². The van der Waals surface area contributed by atoms with Crippen molar-refractivity contribution in [3.63, 3.8) is 0 Å². The Morgan fingerprint density at radius 2 is 1.97 bits per heavy atom. The standard InChI is InChI=1S/C21H27N5O4/c1-30-21(29)18(11-15-12-22-13-24-15)26-20(28)17(10-14-6-3-2-4-7-14)25-19(27)16-8-5-9-23-16/h2-4,6-7,12-13,16-18,23H,5,8-11H2,1H3,(H,22,24)(H,25,27)(H,26,28). The summed E-state index contributed by atoms with van der Waals surface area (Å²) in [5.41, 5.74) is 1.59. The van der Waals surface area contributed by atoms with Gasteiger partial charge in [-0.15, -0.1) is 0 Å². The smallest absolute Gasteiger partial charge is 0.328 e. The summed E-state index contributed by atoms with van der Waals surface area (Å²) >= 11 is 0. The molecule has 9 heteroatoms. The number of imidazole rings is 1. The van der Waals surface area contributed by atoms with Crippen molar-refractivity contribution in [2.24, 2.45) is 0 Å². The van der Waals surface area contributed by atoms with Gasteiger partial charge in [-0.25, -0.2) is 9.78 Å². The van der Waals surface area contributed by atoms with Crippen LogP contribution in [0.4, 0.5) is 0 Å². The van der Waals surface area contributed by atoms with Crippen molar-refractivity contribution in [3.05, 3.63) is 54.1 Å². The number of hydrogen-bond acceptors (Lipinski definition) is 6. The third-order valence-electron chi connectivity index (χ3n) is 5.07. The average molecular weight is 413 g/mol. The van der Waals surface area contributed by atoms with Gasteiger partial charge in [-0.05, 0) is 24.9 Å². The third-order valence-corrected chi connectivity index (χ3v) is 5.07. The van der Waals surface area contributed by atoms with Crippen molar-refractivity contribution < 1.29 is 19.1 Å². The molecule has 2 amide bonds. The van der Waals surface area contributed by atoms with Gasteiger partial charge in [0.05, 0.1) is 19.5 Å². The van der Waals surface area contributed by atoms with Crippen molar-refractivity contribution >= 4 is 17.8 Å². The Balaban J connectivity index is 1.72. The number of carbonyl (C=O) groups is 3. The normalized spacial score (nSPS) is 17.7. The molecule has 0 radical (unpaired) electrons. The zero-order valence-electron chi connectivity index (χ0n) is 16.9. The predicted molar refractivity (Wildman–Crippen MR) is 109 cm³/mol. The Hall–Kier alpha value is -3.20. The summed E-state index contributed by atoms with van der Waals surface area (Å²) in [6.45, 7) is 0.780. The van der Waals surface area contributed by atoms with Crippen LogP contribution in [0.5, 0.6) is 0 Å².